The van der Waals surface area contributed by atoms with Crippen LogP contribution in [-0.4, -0.2) is 14.1 Å². The summed E-state index contributed by atoms with van der Waals surface area (Å²) in [4.78, 5) is 5.31. The highest BCUT2D eigenvalue weighted by molar-refractivity contribution is 7.28. The van der Waals surface area contributed by atoms with Crippen molar-refractivity contribution in [1.82, 2.24) is 14.1 Å². The first-order valence-corrected chi connectivity index (χ1v) is 17.1. The van der Waals surface area contributed by atoms with Crippen molar-refractivity contribution in [2.24, 2.45) is 0 Å². The molecule has 11 aromatic rings. The quantitative estimate of drug-likeness (QED) is 0.188. The number of para-hydroxylation sites is 2. The number of hydrogen-bond donors (Lipinski definition) is 0. The summed E-state index contributed by atoms with van der Waals surface area (Å²) in [5.74, 6) is 0. The molecule has 0 saturated carbocycles. The lowest BCUT2D eigenvalue weighted by atomic mass is 10.0. The largest absolute Gasteiger partial charge is 0.309 e. The van der Waals surface area contributed by atoms with Crippen molar-refractivity contribution in [3.05, 3.63) is 140 Å². The normalized spacial score (nSPS) is 12.3. The summed E-state index contributed by atoms with van der Waals surface area (Å²) >= 11 is 3.66. The second kappa shape index (κ2) is 9.04. The first kappa shape index (κ1) is 24.8. The van der Waals surface area contributed by atoms with Crippen LogP contribution >= 0.6 is 22.7 Å². The zero-order chi connectivity index (χ0) is 29.9. The Kier molecular flexibility index (Phi) is 4.87. The summed E-state index contributed by atoms with van der Waals surface area (Å²) < 4.78 is 8.68. The van der Waals surface area contributed by atoms with Crippen molar-refractivity contribution in [3.63, 3.8) is 0 Å². The summed E-state index contributed by atoms with van der Waals surface area (Å²) in [7, 11) is 0. The van der Waals surface area contributed by atoms with Crippen molar-refractivity contribution in [1.29, 1.82) is 0 Å². The molecule has 4 aromatic heterocycles. The van der Waals surface area contributed by atoms with Crippen LogP contribution in [0.2, 0.25) is 0 Å². The highest BCUT2D eigenvalue weighted by atomic mass is 32.1. The summed E-state index contributed by atoms with van der Waals surface area (Å²) in [5.41, 5.74) is 6.99. The lowest BCUT2D eigenvalue weighted by Crippen LogP contribution is -1.95. The topological polar surface area (TPSA) is 22.8 Å². The van der Waals surface area contributed by atoms with Gasteiger partial charge in [0.05, 0.1) is 32.3 Å². The molecule has 0 fully saturated rings. The molecule has 0 aliphatic carbocycles. The molecule has 214 valence electrons. The molecule has 3 nitrogen and oxygen atoms in total. The minimum absolute atomic E-state index is 0.998. The van der Waals surface area contributed by atoms with Gasteiger partial charge in [-0.05, 0) is 65.4 Å². The molecular formula is C41H23N3S2. The standard InChI is InChI=1S/C41H23N3S2/c1-2-10-26-24(9-1)17-20-35-38(26)30-23-25(43-32-14-6-3-11-27(32)28-12-4-7-15-33(28)43)18-21-34(30)44(35)41-42-31-19-22-37-39(40(31)46-41)29-13-5-8-16-36(29)45-37/h1-23H. The van der Waals surface area contributed by atoms with Crippen molar-refractivity contribution in [3.8, 4) is 10.8 Å². The zero-order valence-electron chi connectivity index (χ0n) is 24.4. The summed E-state index contributed by atoms with van der Waals surface area (Å²) in [6.07, 6.45) is 0. The van der Waals surface area contributed by atoms with Crippen LogP contribution in [0.25, 0.3) is 95.6 Å². The first-order valence-electron chi connectivity index (χ1n) is 15.5. The van der Waals surface area contributed by atoms with Crippen molar-refractivity contribution >= 4 is 107 Å². The monoisotopic (exact) mass is 621 g/mol. The van der Waals surface area contributed by atoms with E-state index in [0.29, 0.717) is 0 Å². The molecular weight excluding hydrogens is 599 g/mol. The number of benzene rings is 7. The van der Waals surface area contributed by atoms with Gasteiger partial charge in [-0.15, -0.1) is 11.3 Å². The number of fused-ring (bicyclic) bond motifs is 13. The minimum atomic E-state index is 0.998. The summed E-state index contributed by atoms with van der Waals surface area (Å²) in [5, 5.41) is 11.2. The molecule has 0 radical (unpaired) electrons. The van der Waals surface area contributed by atoms with Gasteiger partial charge in [0.15, 0.2) is 5.13 Å². The molecule has 0 bridgehead atoms. The maximum absolute atomic E-state index is 5.31. The van der Waals surface area contributed by atoms with Gasteiger partial charge in [0, 0.05) is 47.4 Å². The Labute approximate surface area is 270 Å². The highest BCUT2D eigenvalue weighted by Crippen LogP contribution is 2.44. The van der Waals surface area contributed by atoms with E-state index in [-0.39, 0.29) is 0 Å². The predicted octanol–water partition coefficient (Wildman–Crippen LogP) is 12.0. The van der Waals surface area contributed by atoms with Crippen LogP contribution in [0.4, 0.5) is 0 Å². The zero-order valence-corrected chi connectivity index (χ0v) is 26.1. The second-order valence-electron chi connectivity index (χ2n) is 12.0. The average molecular weight is 622 g/mol. The summed E-state index contributed by atoms with van der Waals surface area (Å²) in [6, 6.07) is 50.9. The van der Waals surface area contributed by atoms with E-state index in [0.717, 1.165) is 16.3 Å². The Morgan fingerprint density at radius 2 is 1.11 bits per heavy atom. The molecule has 0 N–H and O–H groups in total. The minimum Gasteiger partial charge on any atom is -0.309 e. The SMILES string of the molecule is c1ccc2c(c1)ccc1c2c2cc(-n3c4ccccc4c4ccccc43)ccc2n1-c1nc2ccc3sc4ccccc4c3c2s1. The second-order valence-corrected chi connectivity index (χ2v) is 14.0. The van der Waals surface area contributed by atoms with Gasteiger partial charge in [0.1, 0.15) is 0 Å². The van der Waals surface area contributed by atoms with Gasteiger partial charge >= 0.3 is 0 Å². The molecule has 0 aliphatic rings. The molecule has 0 unspecified atom stereocenters. The Hall–Kier alpha value is -5.49. The molecule has 7 aromatic carbocycles. The van der Waals surface area contributed by atoms with E-state index in [1.807, 2.05) is 11.3 Å². The van der Waals surface area contributed by atoms with Crippen LogP contribution in [0.5, 0.6) is 0 Å². The molecule has 0 atom stereocenters. The van der Waals surface area contributed by atoms with Crippen LogP contribution in [0, 0.1) is 0 Å². The molecule has 0 saturated heterocycles. The number of aromatic nitrogens is 3. The van der Waals surface area contributed by atoms with E-state index in [1.54, 1.807) is 11.3 Å². The number of hydrogen-bond acceptors (Lipinski definition) is 3. The number of thiophene rings is 1. The maximum Gasteiger partial charge on any atom is 0.195 e. The van der Waals surface area contributed by atoms with E-state index in [4.69, 9.17) is 4.98 Å². The number of nitrogens with zero attached hydrogens (tertiary/aromatic N) is 3. The number of thiazole rings is 1. The lowest BCUT2D eigenvalue weighted by molar-refractivity contribution is 1.14. The molecule has 0 spiro atoms. The fourth-order valence-electron chi connectivity index (χ4n) is 7.60. The lowest BCUT2D eigenvalue weighted by Gasteiger charge is -2.09. The van der Waals surface area contributed by atoms with Gasteiger partial charge in [-0.25, -0.2) is 4.98 Å². The molecule has 0 amide bonds. The number of rotatable bonds is 2. The van der Waals surface area contributed by atoms with Crippen LogP contribution in [0.1, 0.15) is 0 Å². The molecule has 11 rings (SSSR count). The third-order valence-electron chi connectivity index (χ3n) is 9.55. The summed E-state index contributed by atoms with van der Waals surface area (Å²) in [6.45, 7) is 0. The molecule has 46 heavy (non-hydrogen) atoms. The first-order chi connectivity index (χ1) is 22.8. The van der Waals surface area contributed by atoms with Crippen LogP contribution in [0.3, 0.4) is 0 Å². The van der Waals surface area contributed by atoms with Crippen molar-refractivity contribution in [2.75, 3.05) is 0 Å². The Morgan fingerprint density at radius 3 is 1.93 bits per heavy atom. The Bertz CT molecular complexity index is 2990. The van der Waals surface area contributed by atoms with E-state index < -0.39 is 0 Å². The highest BCUT2D eigenvalue weighted by Gasteiger charge is 2.21. The van der Waals surface area contributed by atoms with Gasteiger partial charge in [0.2, 0.25) is 0 Å². The fraction of sp³-hybridized carbons (Fsp3) is 0. The van der Waals surface area contributed by atoms with Crippen molar-refractivity contribution in [2.45, 2.75) is 0 Å². The average Bonchev–Trinajstić information content (AvgIpc) is 3.86. The van der Waals surface area contributed by atoms with Gasteiger partial charge in [-0.2, -0.15) is 0 Å². The van der Waals surface area contributed by atoms with E-state index in [2.05, 4.69) is 149 Å². The van der Waals surface area contributed by atoms with Gasteiger partial charge < -0.3 is 4.57 Å². The Balaban J connectivity index is 1.25. The van der Waals surface area contributed by atoms with E-state index in [9.17, 15) is 0 Å². The van der Waals surface area contributed by atoms with Gasteiger partial charge in [-0.3, -0.25) is 4.57 Å². The third-order valence-corrected chi connectivity index (χ3v) is 11.8. The van der Waals surface area contributed by atoms with Crippen LogP contribution < -0.4 is 0 Å². The fourth-order valence-corrected chi connectivity index (χ4v) is 9.94. The Morgan fingerprint density at radius 1 is 0.435 bits per heavy atom. The molecule has 5 heteroatoms. The molecule has 0 aliphatic heterocycles. The van der Waals surface area contributed by atoms with Crippen LogP contribution in [0.15, 0.2) is 140 Å². The van der Waals surface area contributed by atoms with Gasteiger partial charge in [-0.1, -0.05) is 96.3 Å². The maximum atomic E-state index is 5.31. The van der Waals surface area contributed by atoms with Crippen LogP contribution in [-0.2, 0) is 0 Å². The van der Waals surface area contributed by atoms with E-state index in [1.165, 1.54) is 79.3 Å². The van der Waals surface area contributed by atoms with E-state index >= 15 is 0 Å². The third kappa shape index (κ3) is 3.23. The van der Waals surface area contributed by atoms with Crippen molar-refractivity contribution < 1.29 is 0 Å². The van der Waals surface area contributed by atoms with Gasteiger partial charge in [0.25, 0.3) is 0 Å². The predicted molar refractivity (Wildman–Crippen MR) is 199 cm³/mol. The molecule has 4 heterocycles. The smallest absolute Gasteiger partial charge is 0.195 e.